The van der Waals surface area contributed by atoms with Gasteiger partial charge in [0.2, 0.25) is 0 Å². The number of allylic oxidation sites excluding steroid dienone is 3. The summed E-state index contributed by atoms with van der Waals surface area (Å²) in [7, 11) is 0. The highest BCUT2D eigenvalue weighted by atomic mass is 16.5. The van der Waals surface area contributed by atoms with Gasteiger partial charge in [0.1, 0.15) is 0 Å². The third-order valence-electron chi connectivity index (χ3n) is 2.76. The first-order chi connectivity index (χ1) is 5.86. The maximum Gasteiger partial charge on any atom is 0.0793 e. The van der Waals surface area contributed by atoms with Gasteiger partial charge in [0.15, 0.2) is 0 Å². The molecule has 1 nitrogen and oxygen atoms in total. The molecule has 1 unspecified atom stereocenters. The van der Waals surface area contributed by atoms with Crippen molar-refractivity contribution < 1.29 is 4.74 Å². The standard InChI is InChI=1S/C11H16O/c1-9-6-7-12-11(8-9)10-4-2-3-5-10/h2-4,9,11H,5-8H2,1H3/t9-,11?/m0/s1. The maximum atomic E-state index is 5.72. The van der Waals surface area contributed by atoms with E-state index in [4.69, 9.17) is 4.74 Å². The summed E-state index contributed by atoms with van der Waals surface area (Å²) >= 11 is 0. The number of hydrogen-bond donors (Lipinski definition) is 0. The summed E-state index contributed by atoms with van der Waals surface area (Å²) in [5, 5.41) is 0. The van der Waals surface area contributed by atoms with Gasteiger partial charge in [-0.05, 0) is 30.8 Å². The van der Waals surface area contributed by atoms with Crippen LogP contribution in [0, 0.1) is 5.92 Å². The van der Waals surface area contributed by atoms with E-state index in [1.165, 1.54) is 18.4 Å². The third-order valence-corrected chi connectivity index (χ3v) is 2.76. The SMILES string of the molecule is C[C@H]1CCOC(C2=CC=CC2)C1. The van der Waals surface area contributed by atoms with E-state index in [9.17, 15) is 0 Å². The molecule has 0 radical (unpaired) electrons. The zero-order valence-electron chi connectivity index (χ0n) is 7.62. The molecule has 1 aliphatic heterocycles. The van der Waals surface area contributed by atoms with E-state index in [1.54, 1.807) is 0 Å². The first kappa shape index (κ1) is 8.06. The average molecular weight is 164 g/mol. The Kier molecular flexibility index (Phi) is 2.31. The molecular formula is C11H16O. The Morgan fingerprint density at radius 1 is 1.50 bits per heavy atom. The lowest BCUT2D eigenvalue weighted by Crippen LogP contribution is -2.25. The van der Waals surface area contributed by atoms with Gasteiger partial charge in [-0.1, -0.05) is 25.2 Å². The van der Waals surface area contributed by atoms with Gasteiger partial charge in [-0.2, -0.15) is 0 Å². The van der Waals surface area contributed by atoms with Gasteiger partial charge in [0.05, 0.1) is 6.10 Å². The van der Waals surface area contributed by atoms with Crippen LogP contribution < -0.4 is 0 Å². The lowest BCUT2D eigenvalue weighted by Gasteiger charge is -2.28. The van der Waals surface area contributed by atoms with Crippen molar-refractivity contribution in [3.63, 3.8) is 0 Å². The lowest BCUT2D eigenvalue weighted by atomic mass is 9.93. The lowest BCUT2D eigenvalue weighted by molar-refractivity contribution is 0.0163. The molecule has 2 rings (SSSR count). The van der Waals surface area contributed by atoms with Gasteiger partial charge in [0.25, 0.3) is 0 Å². The molecule has 1 heterocycles. The molecule has 0 aromatic carbocycles. The van der Waals surface area contributed by atoms with Crippen LogP contribution in [0.1, 0.15) is 26.2 Å². The minimum absolute atomic E-state index is 0.420. The number of ether oxygens (including phenoxy) is 1. The van der Waals surface area contributed by atoms with Crippen LogP contribution in [0.3, 0.4) is 0 Å². The smallest absolute Gasteiger partial charge is 0.0793 e. The van der Waals surface area contributed by atoms with Crippen molar-refractivity contribution in [3.05, 3.63) is 23.8 Å². The zero-order chi connectivity index (χ0) is 8.39. The van der Waals surface area contributed by atoms with Gasteiger partial charge in [-0.25, -0.2) is 0 Å². The molecule has 0 N–H and O–H groups in total. The van der Waals surface area contributed by atoms with E-state index in [-0.39, 0.29) is 0 Å². The molecule has 0 spiro atoms. The second-order valence-electron chi connectivity index (χ2n) is 3.86. The average Bonchev–Trinajstić information content (AvgIpc) is 2.56. The van der Waals surface area contributed by atoms with E-state index in [1.807, 2.05) is 0 Å². The molecule has 0 bridgehead atoms. The molecule has 0 aromatic rings. The van der Waals surface area contributed by atoms with Crippen LogP contribution in [0.4, 0.5) is 0 Å². The van der Waals surface area contributed by atoms with Gasteiger partial charge in [-0.3, -0.25) is 0 Å². The monoisotopic (exact) mass is 164 g/mol. The molecule has 0 amide bonds. The van der Waals surface area contributed by atoms with Crippen molar-refractivity contribution in [3.8, 4) is 0 Å². The van der Waals surface area contributed by atoms with Crippen molar-refractivity contribution in [2.24, 2.45) is 5.92 Å². The maximum absolute atomic E-state index is 5.72. The summed E-state index contributed by atoms with van der Waals surface area (Å²) in [6.45, 7) is 3.27. The van der Waals surface area contributed by atoms with Crippen molar-refractivity contribution in [1.82, 2.24) is 0 Å². The van der Waals surface area contributed by atoms with Crippen molar-refractivity contribution in [1.29, 1.82) is 0 Å². The normalized spacial score (nSPS) is 35.2. The predicted octanol–water partition coefficient (Wildman–Crippen LogP) is 2.69. The fourth-order valence-corrected chi connectivity index (χ4v) is 1.92. The van der Waals surface area contributed by atoms with Gasteiger partial charge >= 0.3 is 0 Å². The number of rotatable bonds is 1. The first-order valence-electron chi connectivity index (χ1n) is 4.83. The van der Waals surface area contributed by atoms with Crippen LogP contribution in [-0.4, -0.2) is 12.7 Å². The molecular weight excluding hydrogens is 148 g/mol. The molecule has 2 atom stereocenters. The highest BCUT2D eigenvalue weighted by Gasteiger charge is 2.22. The summed E-state index contributed by atoms with van der Waals surface area (Å²) in [5.74, 6) is 0.838. The Labute approximate surface area is 74.1 Å². The fraction of sp³-hybridized carbons (Fsp3) is 0.636. The van der Waals surface area contributed by atoms with Crippen LogP contribution in [0.2, 0.25) is 0 Å². The Bertz CT molecular complexity index is 215. The van der Waals surface area contributed by atoms with E-state index in [0.717, 1.165) is 18.9 Å². The number of hydrogen-bond acceptors (Lipinski definition) is 1. The van der Waals surface area contributed by atoms with Crippen LogP contribution in [0.15, 0.2) is 23.8 Å². The summed E-state index contributed by atoms with van der Waals surface area (Å²) in [6.07, 6.45) is 10.5. The zero-order valence-corrected chi connectivity index (χ0v) is 7.62. The van der Waals surface area contributed by atoms with Crippen LogP contribution in [-0.2, 0) is 4.74 Å². The second kappa shape index (κ2) is 3.44. The minimum Gasteiger partial charge on any atom is -0.374 e. The van der Waals surface area contributed by atoms with Crippen molar-refractivity contribution in [2.75, 3.05) is 6.61 Å². The van der Waals surface area contributed by atoms with E-state index in [2.05, 4.69) is 25.2 Å². The van der Waals surface area contributed by atoms with Crippen LogP contribution >= 0.6 is 0 Å². The van der Waals surface area contributed by atoms with Crippen LogP contribution in [0.5, 0.6) is 0 Å². The van der Waals surface area contributed by atoms with E-state index in [0.29, 0.717) is 6.10 Å². The molecule has 2 aliphatic rings. The molecule has 0 aromatic heterocycles. The summed E-state index contributed by atoms with van der Waals surface area (Å²) in [5.41, 5.74) is 1.47. The largest absolute Gasteiger partial charge is 0.374 e. The summed E-state index contributed by atoms with van der Waals surface area (Å²) < 4.78 is 5.72. The highest BCUT2D eigenvalue weighted by molar-refractivity contribution is 5.26. The summed E-state index contributed by atoms with van der Waals surface area (Å²) in [6, 6.07) is 0. The molecule has 1 fully saturated rings. The fourth-order valence-electron chi connectivity index (χ4n) is 1.92. The quantitative estimate of drug-likeness (QED) is 0.579. The minimum atomic E-state index is 0.420. The van der Waals surface area contributed by atoms with Gasteiger partial charge in [0, 0.05) is 6.61 Å². The van der Waals surface area contributed by atoms with E-state index < -0.39 is 0 Å². The third kappa shape index (κ3) is 1.61. The van der Waals surface area contributed by atoms with Gasteiger partial charge < -0.3 is 4.74 Å². The van der Waals surface area contributed by atoms with E-state index >= 15 is 0 Å². The molecule has 66 valence electrons. The predicted molar refractivity (Wildman–Crippen MR) is 50.0 cm³/mol. The molecule has 1 heteroatoms. The Balaban J connectivity index is 1.95. The van der Waals surface area contributed by atoms with Gasteiger partial charge in [-0.15, -0.1) is 0 Å². The molecule has 1 aliphatic carbocycles. The molecule has 0 saturated carbocycles. The summed E-state index contributed by atoms with van der Waals surface area (Å²) in [4.78, 5) is 0. The van der Waals surface area contributed by atoms with Crippen LogP contribution in [0.25, 0.3) is 0 Å². The van der Waals surface area contributed by atoms with Crippen molar-refractivity contribution in [2.45, 2.75) is 32.3 Å². The topological polar surface area (TPSA) is 9.23 Å². The second-order valence-corrected chi connectivity index (χ2v) is 3.86. The Morgan fingerprint density at radius 2 is 2.42 bits per heavy atom. The Hall–Kier alpha value is -0.560. The molecule has 12 heavy (non-hydrogen) atoms. The highest BCUT2D eigenvalue weighted by Crippen LogP contribution is 2.27. The Morgan fingerprint density at radius 3 is 3.08 bits per heavy atom. The molecule has 1 saturated heterocycles. The first-order valence-corrected chi connectivity index (χ1v) is 4.83. The van der Waals surface area contributed by atoms with Crippen molar-refractivity contribution >= 4 is 0 Å².